The summed E-state index contributed by atoms with van der Waals surface area (Å²) in [6.07, 6.45) is 8.35. The lowest BCUT2D eigenvalue weighted by atomic mass is 9.83. The Kier molecular flexibility index (Phi) is 4.49. The van der Waals surface area contributed by atoms with Crippen molar-refractivity contribution >= 4 is 11.8 Å². The number of nitrogens with zero attached hydrogens (tertiary/aromatic N) is 1. The molecule has 1 aromatic heterocycles. The van der Waals surface area contributed by atoms with E-state index >= 15 is 0 Å². The van der Waals surface area contributed by atoms with Gasteiger partial charge in [0.2, 0.25) is 5.91 Å². The first kappa shape index (κ1) is 13.5. The van der Waals surface area contributed by atoms with Crippen LogP contribution in [0.4, 0.5) is 0 Å². The van der Waals surface area contributed by atoms with Crippen LogP contribution in [0.2, 0.25) is 0 Å². The van der Waals surface area contributed by atoms with Gasteiger partial charge >= 0.3 is 0 Å². The molecule has 5 nitrogen and oxygen atoms in total. The summed E-state index contributed by atoms with van der Waals surface area (Å²) in [4.78, 5) is 27.5. The van der Waals surface area contributed by atoms with Gasteiger partial charge < -0.3 is 11.1 Å². The molecular formula is C14H19N3O2. The van der Waals surface area contributed by atoms with Gasteiger partial charge in [0.1, 0.15) is 6.04 Å². The molecule has 0 aliphatic heterocycles. The molecule has 1 fully saturated rings. The first-order valence-corrected chi connectivity index (χ1v) is 6.68. The molecule has 1 atom stereocenters. The summed E-state index contributed by atoms with van der Waals surface area (Å²) in [5.74, 6) is -0.585. The van der Waals surface area contributed by atoms with Gasteiger partial charge in [-0.05, 0) is 30.9 Å². The van der Waals surface area contributed by atoms with Gasteiger partial charge in [-0.25, -0.2) is 0 Å². The summed E-state index contributed by atoms with van der Waals surface area (Å²) < 4.78 is 0. The smallest absolute Gasteiger partial charge is 0.253 e. The van der Waals surface area contributed by atoms with Crippen LogP contribution in [0.1, 0.15) is 42.5 Å². The van der Waals surface area contributed by atoms with Crippen molar-refractivity contribution in [2.75, 3.05) is 0 Å². The fourth-order valence-electron chi connectivity index (χ4n) is 2.61. The number of carbonyl (C=O) groups is 2. The molecule has 1 aliphatic carbocycles. The van der Waals surface area contributed by atoms with E-state index in [9.17, 15) is 9.59 Å². The predicted molar refractivity (Wildman–Crippen MR) is 71.3 cm³/mol. The maximum absolute atomic E-state index is 12.0. The van der Waals surface area contributed by atoms with Crippen molar-refractivity contribution in [3.8, 4) is 0 Å². The minimum absolute atomic E-state index is 0.159. The Morgan fingerprint density at radius 1 is 1.32 bits per heavy atom. The van der Waals surface area contributed by atoms with Gasteiger partial charge in [-0.15, -0.1) is 0 Å². The number of nitrogens with two attached hydrogens (primary N) is 1. The molecule has 2 rings (SSSR count). The number of pyridine rings is 1. The van der Waals surface area contributed by atoms with E-state index in [4.69, 9.17) is 5.73 Å². The molecule has 19 heavy (non-hydrogen) atoms. The molecule has 102 valence electrons. The van der Waals surface area contributed by atoms with Crippen LogP contribution < -0.4 is 11.1 Å². The highest BCUT2D eigenvalue weighted by Crippen LogP contribution is 2.26. The van der Waals surface area contributed by atoms with E-state index in [-0.39, 0.29) is 11.8 Å². The number of rotatable bonds is 4. The summed E-state index contributed by atoms with van der Waals surface area (Å²) in [6, 6.07) is 2.78. The highest BCUT2D eigenvalue weighted by atomic mass is 16.2. The lowest BCUT2D eigenvalue weighted by Gasteiger charge is -2.28. The normalized spacial score (nSPS) is 17.7. The molecule has 0 bridgehead atoms. The SMILES string of the molecule is NC(=O)[C@@H](NC(=O)c1cccnc1)C1CCCCC1. The Balaban J connectivity index is 2.04. The van der Waals surface area contributed by atoms with E-state index in [0.29, 0.717) is 5.56 Å². The molecular weight excluding hydrogens is 242 g/mol. The number of hydrogen-bond donors (Lipinski definition) is 2. The molecule has 1 saturated carbocycles. The second-order valence-corrected chi connectivity index (χ2v) is 4.99. The molecule has 0 unspecified atom stereocenters. The molecule has 2 amide bonds. The van der Waals surface area contributed by atoms with E-state index in [0.717, 1.165) is 25.7 Å². The van der Waals surface area contributed by atoms with Crippen LogP contribution in [0.3, 0.4) is 0 Å². The molecule has 1 aliphatic rings. The summed E-state index contributed by atoms with van der Waals surface area (Å²) >= 11 is 0. The molecule has 1 aromatic rings. The predicted octanol–water partition coefficient (Wildman–Crippen LogP) is 1.25. The van der Waals surface area contributed by atoms with Gasteiger partial charge in [-0.2, -0.15) is 0 Å². The van der Waals surface area contributed by atoms with Crippen molar-refractivity contribution < 1.29 is 9.59 Å². The second kappa shape index (κ2) is 6.31. The van der Waals surface area contributed by atoms with Crippen molar-refractivity contribution in [1.29, 1.82) is 0 Å². The third-order valence-corrected chi connectivity index (χ3v) is 3.64. The van der Waals surface area contributed by atoms with Gasteiger partial charge in [-0.3, -0.25) is 14.6 Å². The van der Waals surface area contributed by atoms with E-state index < -0.39 is 11.9 Å². The van der Waals surface area contributed by atoms with Crippen LogP contribution in [0, 0.1) is 5.92 Å². The standard InChI is InChI=1S/C14H19N3O2/c15-13(18)12(10-5-2-1-3-6-10)17-14(19)11-7-4-8-16-9-11/h4,7-10,12H,1-3,5-6H2,(H2,15,18)(H,17,19)/t12-/m0/s1. The lowest BCUT2D eigenvalue weighted by Crippen LogP contribution is -2.49. The fraction of sp³-hybridized carbons (Fsp3) is 0.500. The zero-order valence-electron chi connectivity index (χ0n) is 10.8. The Morgan fingerprint density at radius 2 is 2.05 bits per heavy atom. The minimum Gasteiger partial charge on any atom is -0.368 e. The summed E-state index contributed by atoms with van der Waals surface area (Å²) in [5, 5.41) is 2.75. The zero-order valence-corrected chi connectivity index (χ0v) is 10.8. The van der Waals surface area contributed by atoms with Crippen LogP contribution in [0.25, 0.3) is 0 Å². The van der Waals surface area contributed by atoms with Crippen LogP contribution >= 0.6 is 0 Å². The van der Waals surface area contributed by atoms with Crippen molar-refractivity contribution in [2.45, 2.75) is 38.1 Å². The largest absolute Gasteiger partial charge is 0.368 e. The molecule has 5 heteroatoms. The second-order valence-electron chi connectivity index (χ2n) is 4.99. The van der Waals surface area contributed by atoms with Crippen LogP contribution in [-0.4, -0.2) is 22.8 Å². The zero-order chi connectivity index (χ0) is 13.7. The lowest BCUT2D eigenvalue weighted by molar-refractivity contribution is -0.121. The highest BCUT2D eigenvalue weighted by Gasteiger charge is 2.29. The first-order valence-electron chi connectivity index (χ1n) is 6.68. The van der Waals surface area contributed by atoms with Gasteiger partial charge in [0.05, 0.1) is 5.56 Å². The summed E-state index contributed by atoms with van der Waals surface area (Å²) in [6.45, 7) is 0. The Labute approximate surface area is 112 Å². The molecule has 3 N–H and O–H groups in total. The van der Waals surface area contributed by atoms with E-state index in [1.54, 1.807) is 18.3 Å². The van der Waals surface area contributed by atoms with Gasteiger partial charge in [0, 0.05) is 12.4 Å². The van der Waals surface area contributed by atoms with Crippen molar-refractivity contribution in [1.82, 2.24) is 10.3 Å². The highest BCUT2D eigenvalue weighted by molar-refractivity contribution is 5.97. The van der Waals surface area contributed by atoms with E-state index in [1.807, 2.05) is 0 Å². The maximum Gasteiger partial charge on any atom is 0.253 e. The van der Waals surface area contributed by atoms with Crippen molar-refractivity contribution in [2.24, 2.45) is 11.7 Å². The average molecular weight is 261 g/mol. The molecule has 0 aromatic carbocycles. The topological polar surface area (TPSA) is 85.1 Å². The fourth-order valence-corrected chi connectivity index (χ4v) is 2.61. The average Bonchev–Trinajstić information content (AvgIpc) is 2.46. The van der Waals surface area contributed by atoms with Gasteiger partial charge in [0.15, 0.2) is 0 Å². The van der Waals surface area contributed by atoms with Crippen LogP contribution in [0.15, 0.2) is 24.5 Å². The van der Waals surface area contributed by atoms with Crippen molar-refractivity contribution in [3.63, 3.8) is 0 Å². The number of hydrogen-bond acceptors (Lipinski definition) is 3. The summed E-state index contributed by atoms with van der Waals surface area (Å²) in [5.41, 5.74) is 5.87. The van der Waals surface area contributed by atoms with Crippen molar-refractivity contribution in [3.05, 3.63) is 30.1 Å². The summed E-state index contributed by atoms with van der Waals surface area (Å²) in [7, 11) is 0. The minimum atomic E-state index is -0.576. The number of primary amides is 1. The van der Waals surface area contributed by atoms with Gasteiger partial charge in [0.25, 0.3) is 5.91 Å². The Morgan fingerprint density at radius 3 is 2.63 bits per heavy atom. The molecule has 1 heterocycles. The van der Waals surface area contributed by atoms with Crippen LogP contribution in [0.5, 0.6) is 0 Å². The molecule has 0 spiro atoms. The van der Waals surface area contributed by atoms with Gasteiger partial charge in [-0.1, -0.05) is 19.3 Å². The number of aromatic nitrogens is 1. The Hall–Kier alpha value is -1.91. The van der Waals surface area contributed by atoms with E-state index in [2.05, 4.69) is 10.3 Å². The van der Waals surface area contributed by atoms with Crippen LogP contribution in [-0.2, 0) is 4.79 Å². The number of carbonyl (C=O) groups excluding carboxylic acids is 2. The number of nitrogens with one attached hydrogen (secondary N) is 1. The maximum atomic E-state index is 12.0. The monoisotopic (exact) mass is 261 g/mol. The molecule has 0 saturated heterocycles. The number of amides is 2. The third-order valence-electron chi connectivity index (χ3n) is 3.64. The quantitative estimate of drug-likeness (QED) is 0.855. The first-order chi connectivity index (χ1) is 9.18. The Bertz CT molecular complexity index is 441. The van der Waals surface area contributed by atoms with E-state index in [1.165, 1.54) is 12.6 Å². The third kappa shape index (κ3) is 3.53. The molecule has 0 radical (unpaired) electrons.